The summed E-state index contributed by atoms with van der Waals surface area (Å²) >= 11 is 0. The number of hydrogen-bond acceptors (Lipinski definition) is 4. The van der Waals surface area contributed by atoms with E-state index in [0.29, 0.717) is 12.1 Å². The Hall–Kier alpha value is -1.96. The van der Waals surface area contributed by atoms with E-state index in [1.165, 1.54) is 12.4 Å². The SMILES string of the molecule is N#CC1CCCN(C(=O)c2ccnnc2)C1. The van der Waals surface area contributed by atoms with E-state index in [-0.39, 0.29) is 11.8 Å². The van der Waals surface area contributed by atoms with Gasteiger partial charge >= 0.3 is 0 Å². The molecule has 1 aromatic rings. The molecule has 16 heavy (non-hydrogen) atoms. The molecule has 5 heteroatoms. The number of aromatic nitrogens is 2. The molecular formula is C11H12N4O. The summed E-state index contributed by atoms with van der Waals surface area (Å²) in [6.45, 7) is 1.25. The van der Waals surface area contributed by atoms with Gasteiger partial charge in [-0.2, -0.15) is 15.5 Å². The van der Waals surface area contributed by atoms with Crippen LogP contribution >= 0.6 is 0 Å². The van der Waals surface area contributed by atoms with Gasteiger partial charge in [-0.15, -0.1) is 0 Å². The van der Waals surface area contributed by atoms with Crippen molar-refractivity contribution >= 4 is 5.91 Å². The molecule has 0 saturated carbocycles. The number of amides is 1. The second-order valence-electron chi connectivity index (χ2n) is 3.85. The van der Waals surface area contributed by atoms with E-state index in [1.807, 2.05) is 0 Å². The van der Waals surface area contributed by atoms with Crippen molar-refractivity contribution in [2.45, 2.75) is 12.8 Å². The molecule has 0 aliphatic carbocycles. The zero-order valence-corrected chi connectivity index (χ0v) is 8.83. The molecule has 0 aromatic carbocycles. The fraction of sp³-hybridized carbons (Fsp3) is 0.455. The number of nitrogens with zero attached hydrogens (tertiary/aromatic N) is 4. The van der Waals surface area contributed by atoms with E-state index in [0.717, 1.165) is 19.4 Å². The van der Waals surface area contributed by atoms with Gasteiger partial charge in [-0.3, -0.25) is 4.79 Å². The maximum Gasteiger partial charge on any atom is 0.255 e. The highest BCUT2D eigenvalue weighted by Crippen LogP contribution is 2.17. The Morgan fingerprint density at radius 2 is 2.44 bits per heavy atom. The molecule has 2 rings (SSSR count). The molecule has 5 nitrogen and oxygen atoms in total. The minimum Gasteiger partial charge on any atom is -0.337 e. The van der Waals surface area contributed by atoms with E-state index >= 15 is 0 Å². The average Bonchev–Trinajstić information content (AvgIpc) is 2.39. The number of likely N-dealkylation sites (tertiary alicyclic amines) is 1. The summed E-state index contributed by atoms with van der Waals surface area (Å²) < 4.78 is 0. The van der Waals surface area contributed by atoms with Crippen LogP contribution in [0.2, 0.25) is 0 Å². The molecule has 1 fully saturated rings. The molecule has 1 saturated heterocycles. The van der Waals surface area contributed by atoms with E-state index in [4.69, 9.17) is 5.26 Å². The average molecular weight is 216 g/mol. The molecule has 1 amide bonds. The maximum atomic E-state index is 12.0. The second-order valence-corrected chi connectivity index (χ2v) is 3.85. The molecule has 1 aliphatic heterocycles. The van der Waals surface area contributed by atoms with Gasteiger partial charge in [0.25, 0.3) is 5.91 Å². The van der Waals surface area contributed by atoms with Gasteiger partial charge in [-0.1, -0.05) is 0 Å². The number of rotatable bonds is 1. The second kappa shape index (κ2) is 4.71. The van der Waals surface area contributed by atoms with Crippen molar-refractivity contribution in [2.24, 2.45) is 5.92 Å². The molecule has 82 valence electrons. The van der Waals surface area contributed by atoms with Crippen molar-refractivity contribution in [1.82, 2.24) is 15.1 Å². The Morgan fingerprint density at radius 3 is 3.12 bits per heavy atom. The van der Waals surface area contributed by atoms with Crippen LogP contribution in [0.5, 0.6) is 0 Å². The van der Waals surface area contributed by atoms with Crippen molar-refractivity contribution < 1.29 is 4.79 Å². The molecule has 1 aromatic heterocycles. The number of hydrogen-bond donors (Lipinski definition) is 0. The Balaban J connectivity index is 2.08. The van der Waals surface area contributed by atoms with Crippen molar-refractivity contribution in [3.05, 3.63) is 24.0 Å². The van der Waals surface area contributed by atoms with Crippen LogP contribution < -0.4 is 0 Å². The monoisotopic (exact) mass is 216 g/mol. The van der Waals surface area contributed by atoms with Gasteiger partial charge in [-0.05, 0) is 18.9 Å². The van der Waals surface area contributed by atoms with E-state index in [2.05, 4.69) is 16.3 Å². The van der Waals surface area contributed by atoms with Crippen LogP contribution in [-0.2, 0) is 0 Å². The van der Waals surface area contributed by atoms with Gasteiger partial charge in [0.2, 0.25) is 0 Å². The van der Waals surface area contributed by atoms with Gasteiger partial charge in [0, 0.05) is 13.1 Å². The molecular weight excluding hydrogens is 204 g/mol. The molecule has 0 N–H and O–H groups in total. The minimum absolute atomic E-state index is 0.0347. The molecule has 1 unspecified atom stereocenters. The largest absolute Gasteiger partial charge is 0.337 e. The predicted molar refractivity (Wildman–Crippen MR) is 56.3 cm³/mol. The first-order valence-corrected chi connectivity index (χ1v) is 5.27. The summed E-state index contributed by atoms with van der Waals surface area (Å²) in [5, 5.41) is 16.2. The quantitative estimate of drug-likeness (QED) is 0.697. The lowest BCUT2D eigenvalue weighted by Gasteiger charge is -2.29. The maximum absolute atomic E-state index is 12.0. The smallest absolute Gasteiger partial charge is 0.255 e. The van der Waals surface area contributed by atoms with Crippen LogP contribution in [-0.4, -0.2) is 34.1 Å². The van der Waals surface area contributed by atoms with Gasteiger partial charge in [-0.25, -0.2) is 0 Å². The number of nitriles is 1. The van der Waals surface area contributed by atoms with E-state index < -0.39 is 0 Å². The first kappa shape index (κ1) is 10.6. The molecule has 0 radical (unpaired) electrons. The first-order valence-electron chi connectivity index (χ1n) is 5.27. The summed E-state index contributed by atoms with van der Waals surface area (Å²) in [5.74, 6) is -0.0950. The lowest BCUT2D eigenvalue weighted by atomic mass is 9.99. The fourth-order valence-corrected chi connectivity index (χ4v) is 1.87. The molecule has 0 bridgehead atoms. The third-order valence-electron chi connectivity index (χ3n) is 2.72. The van der Waals surface area contributed by atoms with Gasteiger partial charge < -0.3 is 4.90 Å². The molecule has 0 spiro atoms. The summed E-state index contributed by atoms with van der Waals surface area (Å²) in [6.07, 6.45) is 4.73. The Kier molecular flexibility index (Phi) is 3.10. The van der Waals surface area contributed by atoms with Crippen LogP contribution in [0.3, 0.4) is 0 Å². The van der Waals surface area contributed by atoms with Crippen molar-refractivity contribution in [3.63, 3.8) is 0 Å². The lowest BCUT2D eigenvalue weighted by molar-refractivity contribution is 0.0698. The number of carbonyl (C=O) groups is 1. The van der Waals surface area contributed by atoms with Crippen molar-refractivity contribution in [2.75, 3.05) is 13.1 Å². The van der Waals surface area contributed by atoms with Crippen LogP contribution in [0.1, 0.15) is 23.2 Å². The standard InChI is InChI=1S/C11H12N4O/c12-6-9-2-1-5-15(8-9)11(16)10-3-4-13-14-7-10/h3-4,7,9H,1-2,5,8H2. The summed E-state index contributed by atoms with van der Waals surface area (Å²) in [5.41, 5.74) is 0.536. The highest BCUT2D eigenvalue weighted by atomic mass is 16.2. The topological polar surface area (TPSA) is 69.9 Å². The predicted octanol–water partition coefficient (Wildman–Crippen LogP) is 0.852. The normalized spacial score (nSPS) is 20.2. The van der Waals surface area contributed by atoms with Gasteiger partial charge in [0.05, 0.1) is 29.9 Å². The zero-order chi connectivity index (χ0) is 11.4. The first-order chi connectivity index (χ1) is 7.81. The number of piperidine rings is 1. The van der Waals surface area contributed by atoms with E-state index in [1.54, 1.807) is 11.0 Å². The van der Waals surface area contributed by atoms with Crippen molar-refractivity contribution in [3.8, 4) is 6.07 Å². The van der Waals surface area contributed by atoms with Crippen LogP contribution in [0.4, 0.5) is 0 Å². The summed E-state index contributed by atoms with van der Waals surface area (Å²) in [7, 11) is 0. The third-order valence-corrected chi connectivity index (χ3v) is 2.72. The van der Waals surface area contributed by atoms with Crippen LogP contribution in [0, 0.1) is 17.2 Å². The Morgan fingerprint density at radius 1 is 1.56 bits per heavy atom. The van der Waals surface area contributed by atoms with Crippen LogP contribution in [0.25, 0.3) is 0 Å². The summed E-state index contributed by atoms with van der Waals surface area (Å²) in [4.78, 5) is 13.7. The lowest BCUT2D eigenvalue weighted by Crippen LogP contribution is -2.39. The Bertz CT molecular complexity index is 412. The minimum atomic E-state index is -0.0603. The summed E-state index contributed by atoms with van der Waals surface area (Å²) in [6, 6.07) is 3.86. The van der Waals surface area contributed by atoms with E-state index in [9.17, 15) is 4.79 Å². The Labute approximate surface area is 93.7 Å². The highest BCUT2D eigenvalue weighted by Gasteiger charge is 2.24. The molecule has 2 heterocycles. The molecule has 1 atom stereocenters. The molecule has 1 aliphatic rings. The number of carbonyl (C=O) groups excluding carboxylic acids is 1. The third kappa shape index (κ3) is 2.16. The van der Waals surface area contributed by atoms with Crippen LogP contribution in [0.15, 0.2) is 18.5 Å². The van der Waals surface area contributed by atoms with Gasteiger partial charge in [0.1, 0.15) is 0 Å². The van der Waals surface area contributed by atoms with Gasteiger partial charge in [0.15, 0.2) is 0 Å². The zero-order valence-electron chi connectivity index (χ0n) is 8.83. The fourth-order valence-electron chi connectivity index (χ4n) is 1.87. The highest BCUT2D eigenvalue weighted by molar-refractivity contribution is 5.93. The van der Waals surface area contributed by atoms with Crippen molar-refractivity contribution in [1.29, 1.82) is 5.26 Å².